The molecule has 1 atom stereocenters. The van der Waals surface area contributed by atoms with E-state index in [9.17, 15) is 0 Å². The normalized spacial score (nSPS) is 12.5. The van der Waals surface area contributed by atoms with E-state index in [2.05, 4.69) is 40.5 Å². The molecule has 0 spiro atoms. The van der Waals surface area contributed by atoms with Crippen molar-refractivity contribution in [1.82, 2.24) is 20.1 Å². The third kappa shape index (κ3) is 3.09. The van der Waals surface area contributed by atoms with E-state index in [1.807, 2.05) is 36.9 Å². The topological polar surface area (TPSA) is 55.9 Å². The molecule has 0 aliphatic heterocycles. The number of benzene rings is 1. The van der Waals surface area contributed by atoms with Crippen molar-refractivity contribution in [2.75, 3.05) is 0 Å². The lowest BCUT2D eigenvalue weighted by Crippen LogP contribution is -2.19. The van der Waals surface area contributed by atoms with Crippen LogP contribution in [0, 0.1) is 13.8 Å². The minimum absolute atomic E-state index is 0.215. The van der Waals surface area contributed by atoms with Gasteiger partial charge in [0.2, 0.25) is 0 Å². The third-order valence-corrected chi connectivity index (χ3v) is 3.71. The zero-order valence-electron chi connectivity index (χ0n) is 13.1. The van der Waals surface area contributed by atoms with E-state index in [1.165, 1.54) is 5.56 Å². The number of nitrogens with zero attached hydrogens (tertiary/aromatic N) is 3. The Kier molecular flexibility index (Phi) is 4.06. The average Bonchev–Trinajstić information content (AvgIpc) is 3.15. The molecule has 5 nitrogen and oxygen atoms in total. The first-order valence-electron chi connectivity index (χ1n) is 7.40. The molecular formula is C17H20N4O. The Morgan fingerprint density at radius 1 is 1.27 bits per heavy atom. The number of oxazole rings is 1. The quantitative estimate of drug-likeness (QED) is 0.784. The van der Waals surface area contributed by atoms with Gasteiger partial charge in [-0.25, -0.2) is 9.67 Å². The number of aromatic nitrogens is 3. The van der Waals surface area contributed by atoms with Crippen LogP contribution in [0.1, 0.15) is 35.9 Å². The van der Waals surface area contributed by atoms with Crippen molar-refractivity contribution < 1.29 is 4.42 Å². The first-order valence-corrected chi connectivity index (χ1v) is 7.40. The maximum Gasteiger partial charge on any atom is 0.191 e. The minimum Gasteiger partial charge on any atom is -0.446 e. The summed E-state index contributed by atoms with van der Waals surface area (Å²) in [6.07, 6.45) is 3.72. The van der Waals surface area contributed by atoms with Gasteiger partial charge in [-0.1, -0.05) is 12.1 Å². The van der Waals surface area contributed by atoms with E-state index in [1.54, 1.807) is 6.20 Å². The van der Waals surface area contributed by atoms with Gasteiger partial charge in [-0.2, -0.15) is 5.10 Å². The summed E-state index contributed by atoms with van der Waals surface area (Å²) >= 11 is 0. The highest BCUT2D eigenvalue weighted by Crippen LogP contribution is 2.17. The van der Waals surface area contributed by atoms with E-state index in [0.717, 1.165) is 17.1 Å². The molecule has 2 heterocycles. The van der Waals surface area contributed by atoms with Gasteiger partial charge in [0.25, 0.3) is 0 Å². The average molecular weight is 296 g/mol. The molecule has 3 rings (SSSR count). The standard InChI is InChI=1S/C17H20N4O/c1-12(18-11-17-13(2)22-14(3)20-17)15-6-4-7-16(10-15)21-9-5-8-19-21/h4-10,12,18H,11H2,1-3H3. The first-order chi connectivity index (χ1) is 10.6. The highest BCUT2D eigenvalue weighted by atomic mass is 16.4. The Labute approximate surface area is 130 Å². The second-order valence-electron chi connectivity index (χ2n) is 5.38. The SMILES string of the molecule is Cc1nc(CNC(C)c2cccc(-n3cccn3)c2)c(C)o1. The fraction of sp³-hybridized carbons (Fsp3) is 0.294. The Bertz CT molecular complexity index is 746. The molecular weight excluding hydrogens is 276 g/mol. The molecule has 0 radical (unpaired) electrons. The predicted molar refractivity (Wildman–Crippen MR) is 84.8 cm³/mol. The maximum atomic E-state index is 5.46. The molecule has 114 valence electrons. The van der Waals surface area contributed by atoms with E-state index < -0.39 is 0 Å². The van der Waals surface area contributed by atoms with Gasteiger partial charge in [-0.3, -0.25) is 0 Å². The van der Waals surface area contributed by atoms with Crippen LogP contribution in [-0.4, -0.2) is 14.8 Å². The largest absolute Gasteiger partial charge is 0.446 e. The van der Waals surface area contributed by atoms with Crippen molar-refractivity contribution in [1.29, 1.82) is 0 Å². The van der Waals surface area contributed by atoms with Crippen molar-refractivity contribution in [3.8, 4) is 5.69 Å². The molecule has 0 aliphatic carbocycles. The summed E-state index contributed by atoms with van der Waals surface area (Å²) in [4.78, 5) is 4.39. The van der Waals surface area contributed by atoms with Crippen LogP contribution in [0.3, 0.4) is 0 Å². The summed E-state index contributed by atoms with van der Waals surface area (Å²) < 4.78 is 7.32. The first kappa shape index (κ1) is 14.5. The van der Waals surface area contributed by atoms with E-state index in [4.69, 9.17) is 4.42 Å². The van der Waals surface area contributed by atoms with Crippen LogP contribution in [0.2, 0.25) is 0 Å². The Balaban J connectivity index is 1.71. The van der Waals surface area contributed by atoms with E-state index >= 15 is 0 Å². The summed E-state index contributed by atoms with van der Waals surface area (Å²) in [6, 6.07) is 10.5. The van der Waals surface area contributed by atoms with Crippen molar-refractivity contribution in [3.05, 3.63) is 65.6 Å². The Morgan fingerprint density at radius 3 is 2.82 bits per heavy atom. The van der Waals surface area contributed by atoms with Crippen molar-refractivity contribution in [3.63, 3.8) is 0 Å². The molecule has 1 N–H and O–H groups in total. The van der Waals surface area contributed by atoms with Gasteiger partial charge in [0.1, 0.15) is 5.76 Å². The van der Waals surface area contributed by atoms with Crippen LogP contribution < -0.4 is 5.32 Å². The molecule has 0 bridgehead atoms. The molecule has 2 aromatic heterocycles. The van der Waals surface area contributed by atoms with Crippen molar-refractivity contribution >= 4 is 0 Å². The highest BCUT2D eigenvalue weighted by molar-refractivity contribution is 5.36. The van der Waals surface area contributed by atoms with Gasteiger partial charge in [0.15, 0.2) is 5.89 Å². The van der Waals surface area contributed by atoms with Crippen LogP contribution in [0.25, 0.3) is 5.69 Å². The molecule has 0 saturated heterocycles. The lowest BCUT2D eigenvalue weighted by molar-refractivity contribution is 0.490. The predicted octanol–water partition coefficient (Wildman–Crippen LogP) is 3.33. The van der Waals surface area contributed by atoms with Crippen LogP contribution >= 0.6 is 0 Å². The van der Waals surface area contributed by atoms with Crippen LogP contribution in [0.15, 0.2) is 47.1 Å². The third-order valence-electron chi connectivity index (χ3n) is 3.71. The molecule has 5 heteroatoms. The van der Waals surface area contributed by atoms with Gasteiger partial charge >= 0.3 is 0 Å². The van der Waals surface area contributed by atoms with Crippen LogP contribution in [-0.2, 0) is 6.54 Å². The van der Waals surface area contributed by atoms with Gasteiger partial charge in [0, 0.05) is 31.9 Å². The minimum atomic E-state index is 0.215. The summed E-state index contributed by atoms with van der Waals surface area (Å²) in [7, 11) is 0. The molecule has 0 amide bonds. The molecule has 3 aromatic rings. The van der Waals surface area contributed by atoms with E-state index in [-0.39, 0.29) is 6.04 Å². The van der Waals surface area contributed by atoms with Crippen molar-refractivity contribution in [2.24, 2.45) is 0 Å². The fourth-order valence-corrected chi connectivity index (χ4v) is 2.46. The number of hydrogen-bond donors (Lipinski definition) is 1. The molecule has 0 aliphatic rings. The summed E-state index contributed by atoms with van der Waals surface area (Å²) in [5.74, 6) is 1.59. The number of rotatable bonds is 5. The van der Waals surface area contributed by atoms with Crippen LogP contribution in [0.4, 0.5) is 0 Å². The zero-order valence-corrected chi connectivity index (χ0v) is 13.1. The van der Waals surface area contributed by atoms with Gasteiger partial charge in [-0.15, -0.1) is 0 Å². The smallest absolute Gasteiger partial charge is 0.191 e. The fourth-order valence-electron chi connectivity index (χ4n) is 2.46. The van der Waals surface area contributed by atoms with Gasteiger partial charge < -0.3 is 9.73 Å². The molecule has 22 heavy (non-hydrogen) atoms. The van der Waals surface area contributed by atoms with Gasteiger partial charge in [0.05, 0.1) is 11.4 Å². The highest BCUT2D eigenvalue weighted by Gasteiger charge is 2.10. The lowest BCUT2D eigenvalue weighted by Gasteiger charge is -2.14. The Hall–Kier alpha value is -2.40. The number of hydrogen-bond acceptors (Lipinski definition) is 4. The molecule has 1 aromatic carbocycles. The maximum absolute atomic E-state index is 5.46. The summed E-state index contributed by atoms with van der Waals surface area (Å²) in [5, 5.41) is 7.76. The summed E-state index contributed by atoms with van der Waals surface area (Å²) in [5.41, 5.74) is 3.24. The molecule has 0 fully saturated rings. The van der Waals surface area contributed by atoms with Gasteiger partial charge in [-0.05, 0) is 37.6 Å². The summed E-state index contributed by atoms with van der Waals surface area (Å²) in [6.45, 7) is 6.65. The molecule has 1 unspecified atom stereocenters. The van der Waals surface area contributed by atoms with Crippen molar-refractivity contribution in [2.45, 2.75) is 33.4 Å². The second kappa shape index (κ2) is 6.15. The molecule has 0 saturated carbocycles. The zero-order chi connectivity index (χ0) is 15.5. The monoisotopic (exact) mass is 296 g/mol. The number of aryl methyl sites for hydroxylation is 2. The van der Waals surface area contributed by atoms with E-state index in [0.29, 0.717) is 12.4 Å². The second-order valence-corrected chi connectivity index (χ2v) is 5.38. The number of nitrogens with one attached hydrogen (secondary N) is 1. The van der Waals surface area contributed by atoms with Crippen LogP contribution in [0.5, 0.6) is 0 Å². The lowest BCUT2D eigenvalue weighted by atomic mass is 10.1. The Morgan fingerprint density at radius 2 is 2.14 bits per heavy atom.